The smallest absolute Gasteiger partial charge is 0.262 e. The van der Waals surface area contributed by atoms with Crippen molar-refractivity contribution in [3.8, 4) is 5.75 Å². The second-order valence-electron chi connectivity index (χ2n) is 5.82. The Kier molecular flexibility index (Phi) is 5.74. The van der Waals surface area contributed by atoms with E-state index < -0.39 is 30.0 Å². The van der Waals surface area contributed by atoms with Gasteiger partial charge in [0.25, 0.3) is 5.91 Å². The number of anilines is 1. The van der Waals surface area contributed by atoms with Crippen molar-refractivity contribution < 1.29 is 27.5 Å². The van der Waals surface area contributed by atoms with Crippen LogP contribution in [0.5, 0.6) is 5.75 Å². The van der Waals surface area contributed by atoms with Crippen LogP contribution in [0.3, 0.4) is 0 Å². The van der Waals surface area contributed by atoms with Crippen LogP contribution in [-0.4, -0.2) is 18.3 Å². The Morgan fingerprint density at radius 3 is 1.96 bits per heavy atom. The number of ether oxygens (including phenoxy) is 1. The molecule has 0 radical (unpaired) electrons. The second-order valence-corrected chi connectivity index (χ2v) is 5.82. The van der Waals surface area contributed by atoms with E-state index in [1.807, 2.05) is 0 Å². The van der Waals surface area contributed by atoms with Gasteiger partial charge >= 0.3 is 0 Å². The van der Waals surface area contributed by atoms with Crippen LogP contribution >= 0.6 is 0 Å². The number of carbonyl (C=O) groups excluding carboxylic acids is 2. The predicted octanol–water partition coefficient (Wildman–Crippen LogP) is 4.35. The molecule has 0 bridgehead atoms. The van der Waals surface area contributed by atoms with Gasteiger partial charge in [0, 0.05) is 17.2 Å². The molecule has 1 N–H and O–H groups in total. The summed E-state index contributed by atoms with van der Waals surface area (Å²) in [6.07, 6.45) is 0. The third-order valence-corrected chi connectivity index (χ3v) is 3.80. The van der Waals surface area contributed by atoms with E-state index in [-0.39, 0.29) is 11.5 Å². The summed E-state index contributed by atoms with van der Waals surface area (Å²) in [5.41, 5.74) is 0.558. The highest BCUT2D eigenvalue weighted by Crippen LogP contribution is 2.17. The van der Waals surface area contributed by atoms with E-state index >= 15 is 0 Å². The average molecular weight is 385 g/mol. The summed E-state index contributed by atoms with van der Waals surface area (Å²) in [6, 6.07) is 14.0. The number of hydrogen-bond acceptors (Lipinski definition) is 3. The van der Waals surface area contributed by atoms with Gasteiger partial charge in [-0.05, 0) is 60.7 Å². The average Bonchev–Trinajstić information content (AvgIpc) is 2.69. The van der Waals surface area contributed by atoms with Crippen LogP contribution in [-0.2, 0) is 4.79 Å². The molecular formula is C21H14F3NO3. The van der Waals surface area contributed by atoms with Crippen LogP contribution in [0.4, 0.5) is 18.9 Å². The van der Waals surface area contributed by atoms with Crippen LogP contribution < -0.4 is 10.1 Å². The van der Waals surface area contributed by atoms with Gasteiger partial charge in [-0.2, -0.15) is 0 Å². The van der Waals surface area contributed by atoms with Gasteiger partial charge in [0.1, 0.15) is 23.2 Å². The molecule has 3 aromatic carbocycles. The molecule has 142 valence electrons. The van der Waals surface area contributed by atoms with Gasteiger partial charge in [0.15, 0.2) is 12.4 Å². The SMILES string of the molecule is O=C(COc1ccc(C(=O)c2ccc(F)cc2)cc1)Nc1ccc(F)cc1F. The Balaban J connectivity index is 1.57. The van der Waals surface area contributed by atoms with Crippen molar-refractivity contribution in [1.29, 1.82) is 0 Å². The molecule has 0 fully saturated rings. The highest BCUT2D eigenvalue weighted by atomic mass is 19.1. The fraction of sp³-hybridized carbons (Fsp3) is 0.0476. The van der Waals surface area contributed by atoms with E-state index in [0.29, 0.717) is 22.9 Å². The maximum absolute atomic E-state index is 13.5. The number of halogens is 3. The normalized spacial score (nSPS) is 10.4. The van der Waals surface area contributed by atoms with Crippen molar-refractivity contribution in [3.63, 3.8) is 0 Å². The lowest BCUT2D eigenvalue weighted by atomic mass is 10.0. The first-order valence-electron chi connectivity index (χ1n) is 8.20. The minimum Gasteiger partial charge on any atom is -0.484 e. The summed E-state index contributed by atoms with van der Waals surface area (Å²) in [4.78, 5) is 24.1. The monoisotopic (exact) mass is 385 g/mol. The first kappa shape index (κ1) is 19.2. The first-order chi connectivity index (χ1) is 13.4. The summed E-state index contributed by atoms with van der Waals surface area (Å²) in [5.74, 6) is -2.66. The van der Waals surface area contributed by atoms with Gasteiger partial charge in [0.2, 0.25) is 0 Å². The lowest BCUT2D eigenvalue weighted by molar-refractivity contribution is -0.118. The summed E-state index contributed by atoms with van der Waals surface area (Å²) in [7, 11) is 0. The predicted molar refractivity (Wildman–Crippen MR) is 96.8 cm³/mol. The van der Waals surface area contributed by atoms with Gasteiger partial charge in [-0.1, -0.05) is 0 Å². The molecule has 0 aliphatic rings. The minimum absolute atomic E-state index is 0.157. The van der Waals surface area contributed by atoms with Crippen LogP contribution in [0, 0.1) is 17.5 Å². The van der Waals surface area contributed by atoms with Crippen molar-refractivity contribution in [1.82, 2.24) is 0 Å². The highest BCUT2D eigenvalue weighted by molar-refractivity contribution is 6.09. The largest absolute Gasteiger partial charge is 0.484 e. The Morgan fingerprint density at radius 2 is 1.36 bits per heavy atom. The zero-order chi connectivity index (χ0) is 20.1. The zero-order valence-electron chi connectivity index (χ0n) is 14.4. The standard InChI is InChI=1S/C21H14F3NO3/c22-15-5-1-13(2-6-15)21(27)14-3-8-17(9-4-14)28-12-20(26)25-19-10-7-16(23)11-18(19)24/h1-11H,12H2,(H,25,26). The van der Waals surface area contributed by atoms with Crippen molar-refractivity contribution in [2.45, 2.75) is 0 Å². The Labute approximate surface area is 158 Å². The molecule has 1 amide bonds. The summed E-state index contributed by atoms with van der Waals surface area (Å²) >= 11 is 0. The molecule has 0 saturated heterocycles. The lowest BCUT2D eigenvalue weighted by Crippen LogP contribution is -2.20. The van der Waals surface area contributed by atoms with Crippen LogP contribution in [0.15, 0.2) is 66.7 Å². The summed E-state index contributed by atoms with van der Waals surface area (Å²) in [5, 5.41) is 2.27. The zero-order valence-corrected chi connectivity index (χ0v) is 14.4. The third-order valence-electron chi connectivity index (χ3n) is 3.80. The van der Waals surface area contributed by atoms with Crippen LogP contribution in [0.1, 0.15) is 15.9 Å². The Morgan fingerprint density at radius 1 is 0.786 bits per heavy atom. The third kappa shape index (κ3) is 4.76. The summed E-state index contributed by atoms with van der Waals surface area (Å²) < 4.78 is 44.6. The molecular weight excluding hydrogens is 371 g/mol. The van der Waals surface area contributed by atoms with Gasteiger partial charge in [-0.25, -0.2) is 13.2 Å². The molecule has 0 aliphatic heterocycles. The molecule has 0 unspecified atom stereocenters. The number of rotatable bonds is 6. The van der Waals surface area contributed by atoms with Crippen molar-refractivity contribution >= 4 is 17.4 Å². The maximum Gasteiger partial charge on any atom is 0.262 e. The number of hydrogen-bond donors (Lipinski definition) is 1. The van der Waals surface area contributed by atoms with Gasteiger partial charge in [-0.15, -0.1) is 0 Å². The molecule has 3 rings (SSSR count). The van der Waals surface area contributed by atoms with Crippen molar-refractivity contribution in [2.24, 2.45) is 0 Å². The molecule has 28 heavy (non-hydrogen) atoms. The lowest BCUT2D eigenvalue weighted by Gasteiger charge is -2.09. The fourth-order valence-electron chi connectivity index (χ4n) is 2.40. The molecule has 4 nitrogen and oxygen atoms in total. The van der Waals surface area contributed by atoms with Gasteiger partial charge in [-0.3, -0.25) is 9.59 Å². The number of nitrogens with one attached hydrogen (secondary N) is 1. The van der Waals surface area contributed by atoms with Gasteiger partial charge < -0.3 is 10.1 Å². The quantitative estimate of drug-likeness (QED) is 0.642. The molecule has 0 aromatic heterocycles. The maximum atomic E-state index is 13.5. The van der Waals surface area contributed by atoms with E-state index in [4.69, 9.17) is 4.74 Å². The van der Waals surface area contributed by atoms with Gasteiger partial charge in [0.05, 0.1) is 5.69 Å². The van der Waals surface area contributed by atoms with E-state index in [1.54, 1.807) is 0 Å². The molecule has 0 atom stereocenters. The summed E-state index contributed by atoms with van der Waals surface area (Å²) in [6.45, 7) is -0.401. The van der Waals surface area contributed by atoms with Crippen molar-refractivity contribution in [3.05, 3.63) is 95.3 Å². The van der Waals surface area contributed by atoms with E-state index in [2.05, 4.69) is 5.32 Å². The molecule has 0 saturated carbocycles. The number of ketones is 1. The molecule has 0 spiro atoms. The fourth-order valence-corrected chi connectivity index (χ4v) is 2.40. The molecule has 0 heterocycles. The van der Waals surface area contributed by atoms with Crippen LogP contribution in [0.2, 0.25) is 0 Å². The second kappa shape index (κ2) is 8.39. The number of amides is 1. The minimum atomic E-state index is -0.892. The van der Waals surface area contributed by atoms with Crippen LogP contribution in [0.25, 0.3) is 0 Å². The van der Waals surface area contributed by atoms with E-state index in [0.717, 1.165) is 12.1 Å². The first-order valence-corrected chi connectivity index (χ1v) is 8.20. The van der Waals surface area contributed by atoms with Crippen molar-refractivity contribution in [2.75, 3.05) is 11.9 Å². The molecule has 3 aromatic rings. The topological polar surface area (TPSA) is 55.4 Å². The van der Waals surface area contributed by atoms with E-state index in [1.165, 1.54) is 48.5 Å². The highest BCUT2D eigenvalue weighted by Gasteiger charge is 2.11. The van der Waals surface area contributed by atoms with E-state index in [9.17, 15) is 22.8 Å². The number of carbonyl (C=O) groups is 2. The Hall–Kier alpha value is -3.61. The Bertz CT molecular complexity index is 1000. The molecule has 0 aliphatic carbocycles. The number of benzene rings is 3. The molecule has 7 heteroatoms.